The second kappa shape index (κ2) is 6.89. The Labute approximate surface area is 99.8 Å². The lowest BCUT2D eigenvalue weighted by molar-refractivity contribution is -0.133. The van der Waals surface area contributed by atoms with Crippen LogP contribution in [0, 0.1) is 0 Å². The second-order valence-corrected chi connectivity index (χ2v) is 4.59. The molecule has 3 heteroatoms. The molecule has 1 aliphatic heterocycles. The van der Waals surface area contributed by atoms with Crippen molar-refractivity contribution in [1.29, 1.82) is 0 Å². The van der Waals surface area contributed by atoms with Crippen LogP contribution in [0.15, 0.2) is 0 Å². The molecule has 0 aliphatic carbocycles. The van der Waals surface area contributed by atoms with Crippen molar-refractivity contribution in [2.45, 2.75) is 52.5 Å². The summed E-state index contributed by atoms with van der Waals surface area (Å²) in [4.78, 5) is 16.3. The van der Waals surface area contributed by atoms with Crippen LogP contribution in [0.1, 0.15) is 46.5 Å². The first kappa shape index (κ1) is 13.5. The van der Waals surface area contributed by atoms with Gasteiger partial charge in [0.2, 0.25) is 5.91 Å². The first-order chi connectivity index (χ1) is 7.72. The predicted molar refractivity (Wildman–Crippen MR) is 67.4 cm³/mol. The van der Waals surface area contributed by atoms with E-state index in [4.69, 9.17) is 0 Å². The molecule has 1 aliphatic rings. The number of likely N-dealkylation sites (tertiary alicyclic amines) is 1. The average Bonchev–Trinajstić information content (AvgIpc) is 2.31. The molecule has 0 aromatic carbocycles. The molecular weight excluding hydrogens is 200 g/mol. The zero-order valence-corrected chi connectivity index (χ0v) is 11.0. The first-order valence-corrected chi connectivity index (χ1v) is 6.74. The highest BCUT2D eigenvalue weighted by molar-refractivity contribution is 5.78. The van der Waals surface area contributed by atoms with Gasteiger partial charge in [-0.05, 0) is 39.7 Å². The summed E-state index contributed by atoms with van der Waals surface area (Å²) in [6.07, 6.45) is 5.02. The number of hydrogen-bond acceptors (Lipinski definition) is 2. The number of likely N-dealkylation sites (N-methyl/N-ethyl adjacent to an activating group) is 1. The van der Waals surface area contributed by atoms with Gasteiger partial charge in [-0.2, -0.15) is 0 Å². The van der Waals surface area contributed by atoms with Gasteiger partial charge < -0.3 is 4.90 Å². The molecule has 16 heavy (non-hydrogen) atoms. The average molecular weight is 226 g/mol. The van der Waals surface area contributed by atoms with Gasteiger partial charge in [0.1, 0.15) is 0 Å². The van der Waals surface area contributed by atoms with E-state index in [0.29, 0.717) is 18.5 Å². The molecule has 1 rings (SSSR count). The molecule has 94 valence electrons. The number of nitrogens with zero attached hydrogens (tertiary/aromatic N) is 2. The summed E-state index contributed by atoms with van der Waals surface area (Å²) in [6.45, 7) is 9.72. The molecule has 0 saturated carbocycles. The molecule has 1 unspecified atom stereocenters. The molecule has 0 bridgehead atoms. The van der Waals surface area contributed by atoms with Gasteiger partial charge in [-0.25, -0.2) is 0 Å². The van der Waals surface area contributed by atoms with Gasteiger partial charge in [-0.15, -0.1) is 0 Å². The summed E-state index contributed by atoms with van der Waals surface area (Å²) < 4.78 is 0. The molecule has 0 radical (unpaired) electrons. The standard InChI is InChI=1S/C13H26N2O/c1-4-12-9-7-8-10-15(12)11-13(16)14(5-2)6-3/h12H,4-11H2,1-3H3. The minimum Gasteiger partial charge on any atom is -0.342 e. The monoisotopic (exact) mass is 226 g/mol. The van der Waals surface area contributed by atoms with Crippen molar-refractivity contribution in [2.24, 2.45) is 0 Å². The van der Waals surface area contributed by atoms with E-state index >= 15 is 0 Å². The summed E-state index contributed by atoms with van der Waals surface area (Å²) in [7, 11) is 0. The second-order valence-electron chi connectivity index (χ2n) is 4.59. The molecular formula is C13H26N2O. The van der Waals surface area contributed by atoms with Crippen LogP contribution in [0.5, 0.6) is 0 Å². The lowest BCUT2D eigenvalue weighted by Crippen LogP contribution is -2.46. The summed E-state index contributed by atoms with van der Waals surface area (Å²) in [5, 5.41) is 0. The maximum Gasteiger partial charge on any atom is 0.236 e. The Morgan fingerprint density at radius 1 is 1.25 bits per heavy atom. The van der Waals surface area contributed by atoms with E-state index in [-0.39, 0.29) is 0 Å². The van der Waals surface area contributed by atoms with Gasteiger partial charge >= 0.3 is 0 Å². The van der Waals surface area contributed by atoms with Crippen molar-refractivity contribution in [1.82, 2.24) is 9.80 Å². The normalized spacial score (nSPS) is 22.1. The van der Waals surface area contributed by atoms with E-state index in [2.05, 4.69) is 25.7 Å². The van der Waals surface area contributed by atoms with Crippen molar-refractivity contribution >= 4 is 5.91 Å². The fraction of sp³-hybridized carbons (Fsp3) is 0.923. The number of piperidine rings is 1. The van der Waals surface area contributed by atoms with Crippen LogP contribution >= 0.6 is 0 Å². The van der Waals surface area contributed by atoms with Crippen molar-refractivity contribution in [2.75, 3.05) is 26.2 Å². The summed E-state index contributed by atoms with van der Waals surface area (Å²) >= 11 is 0. The number of carbonyl (C=O) groups is 1. The quantitative estimate of drug-likeness (QED) is 0.717. The van der Waals surface area contributed by atoms with Gasteiger partial charge in [0, 0.05) is 19.1 Å². The van der Waals surface area contributed by atoms with Crippen LogP contribution in [-0.4, -0.2) is 47.9 Å². The van der Waals surface area contributed by atoms with E-state index in [1.165, 1.54) is 25.7 Å². The number of carbonyl (C=O) groups excluding carboxylic acids is 1. The van der Waals surface area contributed by atoms with E-state index in [1.807, 2.05) is 4.90 Å². The van der Waals surface area contributed by atoms with Crippen LogP contribution in [0.2, 0.25) is 0 Å². The highest BCUT2D eigenvalue weighted by Crippen LogP contribution is 2.19. The molecule has 0 spiro atoms. The molecule has 3 nitrogen and oxygen atoms in total. The third kappa shape index (κ3) is 3.48. The largest absolute Gasteiger partial charge is 0.342 e. The molecule has 0 aromatic heterocycles. The predicted octanol–water partition coefficient (Wildman–Crippen LogP) is 2.12. The minimum atomic E-state index is 0.297. The molecule has 1 amide bonds. The molecule has 1 saturated heterocycles. The molecule has 0 N–H and O–H groups in total. The number of hydrogen-bond donors (Lipinski definition) is 0. The number of amides is 1. The topological polar surface area (TPSA) is 23.6 Å². The third-order valence-electron chi connectivity index (χ3n) is 3.67. The van der Waals surface area contributed by atoms with E-state index in [0.717, 1.165) is 19.6 Å². The zero-order chi connectivity index (χ0) is 12.0. The third-order valence-corrected chi connectivity index (χ3v) is 3.67. The van der Waals surface area contributed by atoms with E-state index in [1.54, 1.807) is 0 Å². The Hall–Kier alpha value is -0.570. The van der Waals surface area contributed by atoms with E-state index in [9.17, 15) is 4.79 Å². The highest BCUT2D eigenvalue weighted by Gasteiger charge is 2.23. The van der Waals surface area contributed by atoms with Crippen molar-refractivity contribution < 1.29 is 4.79 Å². The molecule has 1 atom stereocenters. The van der Waals surface area contributed by atoms with Gasteiger partial charge in [0.05, 0.1) is 6.54 Å². The summed E-state index contributed by atoms with van der Waals surface area (Å²) in [6, 6.07) is 0.633. The fourth-order valence-corrected chi connectivity index (χ4v) is 2.58. The van der Waals surface area contributed by atoms with Gasteiger partial charge in [-0.3, -0.25) is 9.69 Å². The number of rotatable bonds is 5. The maximum absolute atomic E-state index is 12.0. The van der Waals surface area contributed by atoms with Crippen molar-refractivity contribution in [3.8, 4) is 0 Å². The SMILES string of the molecule is CCC1CCCCN1CC(=O)N(CC)CC. The van der Waals surface area contributed by atoms with Gasteiger partial charge in [0.25, 0.3) is 0 Å². The minimum absolute atomic E-state index is 0.297. The summed E-state index contributed by atoms with van der Waals surface area (Å²) in [5.41, 5.74) is 0. The Balaban J connectivity index is 2.47. The van der Waals surface area contributed by atoms with E-state index < -0.39 is 0 Å². The first-order valence-electron chi connectivity index (χ1n) is 6.74. The fourth-order valence-electron chi connectivity index (χ4n) is 2.58. The van der Waals surface area contributed by atoms with Gasteiger partial charge in [0.15, 0.2) is 0 Å². The zero-order valence-electron chi connectivity index (χ0n) is 11.0. The Morgan fingerprint density at radius 2 is 1.94 bits per heavy atom. The Bertz CT molecular complexity index is 214. The lowest BCUT2D eigenvalue weighted by atomic mass is 10.00. The molecule has 0 aromatic rings. The Kier molecular flexibility index (Phi) is 5.81. The van der Waals surface area contributed by atoms with Gasteiger partial charge in [-0.1, -0.05) is 13.3 Å². The van der Waals surface area contributed by atoms with Crippen LogP contribution in [-0.2, 0) is 4.79 Å². The van der Waals surface area contributed by atoms with Crippen LogP contribution in [0.4, 0.5) is 0 Å². The van der Waals surface area contributed by atoms with Crippen LogP contribution in [0.3, 0.4) is 0 Å². The summed E-state index contributed by atoms with van der Waals surface area (Å²) in [5.74, 6) is 0.297. The molecule has 1 fully saturated rings. The van der Waals surface area contributed by atoms with Crippen molar-refractivity contribution in [3.63, 3.8) is 0 Å². The molecule has 1 heterocycles. The van der Waals surface area contributed by atoms with Crippen molar-refractivity contribution in [3.05, 3.63) is 0 Å². The van der Waals surface area contributed by atoms with Crippen LogP contribution in [0.25, 0.3) is 0 Å². The highest BCUT2D eigenvalue weighted by atomic mass is 16.2. The maximum atomic E-state index is 12.0. The Morgan fingerprint density at radius 3 is 2.50 bits per heavy atom. The lowest BCUT2D eigenvalue weighted by Gasteiger charge is -2.35. The smallest absolute Gasteiger partial charge is 0.236 e. The van der Waals surface area contributed by atoms with Crippen LogP contribution < -0.4 is 0 Å².